The number of nitrogens with two attached hydrogens (primary N) is 2. The Balaban J connectivity index is 2.36. The van der Waals surface area contributed by atoms with Crippen molar-refractivity contribution in [3.63, 3.8) is 0 Å². The molecule has 0 amide bonds. The molecule has 2 aromatic carbocycles. The van der Waals surface area contributed by atoms with E-state index in [2.05, 4.69) is 10.6 Å². The molecule has 0 radical (unpaired) electrons. The van der Waals surface area contributed by atoms with Crippen molar-refractivity contribution in [2.75, 3.05) is 22.9 Å². The topological polar surface area (TPSA) is 178 Å². The minimum Gasteiger partial charge on any atom is -0.370 e. The van der Waals surface area contributed by atoms with Crippen LogP contribution in [0.3, 0.4) is 0 Å². The largest absolute Gasteiger partial charge is 0.370 e. The second-order valence-corrected chi connectivity index (χ2v) is 6.65. The molecule has 0 spiro atoms. The van der Waals surface area contributed by atoms with Crippen molar-refractivity contribution in [2.24, 2.45) is 11.5 Å². The van der Waals surface area contributed by atoms with Gasteiger partial charge in [0.25, 0.3) is 0 Å². The van der Waals surface area contributed by atoms with E-state index in [0.717, 1.165) is 22.5 Å². The number of anilines is 2. The smallest absolute Gasteiger partial charge is 0.202 e. The lowest BCUT2D eigenvalue weighted by molar-refractivity contribution is 0.877. The van der Waals surface area contributed by atoms with E-state index in [1.165, 1.54) is 0 Å². The van der Waals surface area contributed by atoms with Crippen molar-refractivity contribution in [3.8, 4) is 0 Å². The van der Waals surface area contributed by atoms with E-state index in [9.17, 15) is 0 Å². The highest BCUT2D eigenvalue weighted by molar-refractivity contribution is 6.05. The summed E-state index contributed by atoms with van der Waals surface area (Å²) in [5.41, 5.74) is 14.3. The summed E-state index contributed by atoms with van der Waals surface area (Å²) < 4.78 is 0. The van der Waals surface area contributed by atoms with Gasteiger partial charge in [0.05, 0.1) is 0 Å². The van der Waals surface area contributed by atoms with Gasteiger partial charge in [-0.3, -0.25) is 32.3 Å². The van der Waals surface area contributed by atoms with Gasteiger partial charge >= 0.3 is 0 Å². The zero-order valence-corrected chi connectivity index (χ0v) is 17.1. The normalized spacial score (nSPS) is 10.1. The molecule has 30 heavy (non-hydrogen) atoms. The van der Waals surface area contributed by atoms with E-state index >= 15 is 0 Å². The van der Waals surface area contributed by atoms with Crippen molar-refractivity contribution < 1.29 is 0 Å². The van der Waals surface area contributed by atoms with Crippen LogP contribution in [0.1, 0.15) is 11.1 Å². The predicted octanol–water partition coefficient (Wildman–Crippen LogP) is 1.45. The monoisotopic (exact) mass is 408 g/mol. The van der Waals surface area contributed by atoms with Crippen LogP contribution in [0, 0.1) is 35.5 Å². The molecule has 0 aliphatic carbocycles. The number of hydrogen-bond acceptors (Lipinski definition) is 4. The average Bonchev–Trinajstić information content (AvgIpc) is 2.66. The van der Waals surface area contributed by atoms with Crippen LogP contribution in [0.4, 0.5) is 11.4 Å². The number of para-hydroxylation sites is 2. The van der Waals surface area contributed by atoms with Gasteiger partial charge in [0.2, 0.25) is 11.9 Å². The lowest BCUT2D eigenvalue weighted by Gasteiger charge is -2.32. The second kappa shape index (κ2) is 9.92. The third-order valence-corrected chi connectivity index (χ3v) is 4.41. The molecule has 0 bridgehead atoms. The molecular weight excluding hydrogens is 380 g/mol. The van der Waals surface area contributed by atoms with Crippen LogP contribution in [0.5, 0.6) is 0 Å². The highest BCUT2D eigenvalue weighted by Crippen LogP contribution is 2.22. The number of hydrogen-bond donors (Lipinski definition) is 8. The van der Waals surface area contributed by atoms with Gasteiger partial charge < -0.3 is 21.3 Å². The first kappa shape index (κ1) is 22.2. The summed E-state index contributed by atoms with van der Waals surface area (Å²) in [4.78, 5) is 3.37. The summed E-state index contributed by atoms with van der Waals surface area (Å²) in [6, 6.07) is 15.2. The fraction of sp³-hybridized carbons (Fsp3) is 0.200. The lowest BCUT2D eigenvalue weighted by Crippen LogP contribution is -2.52. The van der Waals surface area contributed by atoms with Crippen LogP contribution >= 0.6 is 0 Å². The van der Waals surface area contributed by atoms with Crippen molar-refractivity contribution in [3.05, 3.63) is 59.7 Å². The van der Waals surface area contributed by atoms with Crippen LogP contribution in [-0.2, 0) is 0 Å². The first-order chi connectivity index (χ1) is 14.2. The van der Waals surface area contributed by atoms with E-state index in [1.54, 1.807) is 9.80 Å². The van der Waals surface area contributed by atoms with Crippen LogP contribution in [0.2, 0.25) is 0 Å². The van der Waals surface area contributed by atoms with Crippen molar-refractivity contribution in [1.82, 2.24) is 10.6 Å². The minimum atomic E-state index is -0.333. The summed E-state index contributed by atoms with van der Waals surface area (Å²) in [5, 5.41) is 36.7. The molecule has 0 fully saturated rings. The van der Waals surface area contributed by atoms with Gasteiger partial charge in [-0.25, -0.2) is 0 Å². The molecule has 0 aliphatic rings. The number of nitrogens with one attached hydrogen (secondary N) is 6. The van der Waals surface area contributed by atoms with Crippen molar-refractivity contribution >= 4 is 35.2 Å². The lowest BCUT2D eigenvalue weighted by atomic mass is 10.1. The maximum Gasteiger partial charge on any atom is 0.202 e. The predicted molar refractivity (Wildman–Crippen MR) is 123 cm³/mol. The van der Waals surface area contributed by atoms with Crippen molar-refractivity contribution in [2.45, 2.75) is 13.8 Å². The molecule has 10 heteroatoms. The molecule has 2 rings (SSSR count). The van der Waals surface area contributed by atoms with Gasteiger partial charge in [0, 0.05) is 24.5 Å². The molecule has 158 valence electrons. The Labute approximate surface area is 175 Å². The van der Waals surface area contributed by atoms with Crippen LogP contribution in [0.15, 0.2) is 48.5 Å². The van der Waals surface area contributed by atoms with E-state index in [0.29, 0.717) is 13.1 Å². The fourth-order valence-electron chi connectivity index (χ4n) is 3.03. The molecule has 10 N–H and O–H groups in total. The molecule has 0 atom stereocenters. The third kappa shape index (κ3) is 5.71. The first-order valence-corrected chi connectivity index (χ1v) is 9.26. The summed E-state index contributed by atoms with van der Waals surface area (Å²) in [5.74, 6) is -0.763. The Morgan fingerprint density at radius 1 is 0.700 bits per heavy atom. The summed E-state index contributed by atoms with van der Waals surface area (Å²) in [7, 11) is 0. The van der Waals surface area contributed by atoms with Gasteiger partial charge in [-0.2, -0.15) is 0 Å². The number of benzene rings is 2. The van der Waals surface area contributed by atoms with Gasteiger partial charge in [-0.15, -0.1) is 0 Å². The van der Waals surface area contributed by atoms with Crippen LogP contribution < -0.4 is 31.9 Å². The average molecular weight is 409 g/mol. The Bertz CT molecular complexity index is 875. The molecule has 0 saturated heterocycles. The first-order valence-electron chi connectivity index (χ1n) is 9.26. The Hall–Kier alpha value is -4.08. The van der Waals surface area contributed by atoms with Gasteiger partial charge in [-0.1, -0.05) is 36.4 Å². The highest BCUT2D eigenvalue weighted by atomic mass is 15.4. The van der Waals surface area contributed by atoms with E-state index in [1.807, 2.05) is 62.4 Å². The maximum atomic E-state index is 8.37. The molecule has 0 aromatic heterocycles. The SMILES string of the molecule is Cc1ccccc1N(CCN(C(=N)NC(=N)N)c1ccccc1C)C(=N)NC(=N)N. The van der Waals surface area contributed by atoms with Crippen LogP contribution in [-0.4, -0.2) is 36.9 Å². The number of nitrogens with zero attached hydrogens (tertiary/aromatic N) is 2. The molecular formula is C20H28N10. The van der Waals surface area contributed by atoms with Gasteiger partial charge in [0.15, 0.2) is 11.9 Å². The third-order valence-electron chi connectivity index (χ3n) is 4.41. The van der Waals surface area contributed by atoms with E-state index < -0.39 is 0 Å². The van der Waals surface area contributed by atoms with Gasteiger partial charge in [0.1, 0.15) is 0 Å². The molecule has 10 nitrogen and oxygen atoms in total. The summed E-state index contributed by atoms with van der Waals surface area (Å²) in [6.07, 6.45) is 0. The fourth-order valence-corrected chi connectivity index (χ4v) is 3.03. The Kier molecular flexibility index (Phi) is 7.34. The van der Waals surface area contributed by atoms with E-state index in [4.69, 9.17) is 33.1 Å². The van der Waals surface area contributed by atoms with Gasteiger partial charge in [-0.05, 0) is 37.1 Å². The maximum absolute atomic E-state index is 8.37. The second-order valence-electron chi connectivity index (χ2n) is 6.65. The molecule has 0 saturated carbocycles. The molecule has 2 aromatic rings. The summed E-state index contributed by atoms with van der Waals surface area (Å²) >= 11 is 0. The molecule has 0 aliphatic heterocycles. The number of aryl methyl sites for hydroxylation is 2. The van der Waals surface area contributed by atoms with Crippen molar-refractivity contribution in [1.29, 1.82) is 21.6 Å². The standard InChI is InChI=1S/C20H28N10/c1-13-7-3-5-9-15(13)29(19(25)27-17(21)22)11-12-30(20(26)28-18(23)24)16-10-6-4-8-14(16)2/h3-10H,11-12H2,1-2H3,(H5,21,22,25,27)(H5,23,24,26,28). The Morgan fingerprint density at radius 3 is 1.33 bits per heavy atom. The quantitative estimate of drug-likeness (QED) is 0.274. The number of guanidine groups is 4. The zero-order valence-electron chi connectivity index (χ0n) is 17.1. The summed E-state index contributed by atoms with van der Waals surface area (Å²) in [6.45, 7) is 4.48. The zero-order chi connectivity index (χ0) is 22.3. The molecule has 0 unspecified atom stereocenters. The Morgan fingerprint density at radius 2 is 1.03 bits per heavy atom. The number of rotatable bonds is 5. The minimum absolute atomic E-state index is 0.0485. The molecule has 0 heterocycles. The van der Waals surface area contributed by atoms with E-state index in [-0.39, 0.29) is 23.8 Å². The van der Waals surface area contributed by atoms with Crippen LogP contribution in [0.25, 0.3) is 0 Å². The highest BCUT2D eigenvalue weighted by Gasteiger charge is 2.20.